The topological polar surface area (TPSA) is 65.1 Å². The monoisotopic (exact) mass is 369 g/mol. The smallest absolute Gasteiger partial charge is 0.413 e. The molecule has 2 atom stereocenters. The maximum atomic E-state index is 13.2. The molecule has 1 fully saturated rings. The lowest BCUT2D eigenvalue weighted by atomic mass is 9.81. The van der Waals surface area contributed by atoms with Crippen LogP contribution in [-0.2, 0) is 25.4 Å². The Morgan fingerprint density at radius 2 is 1.74 bits per heavy atom. The number of benzene rings is 2. The summed E-state index contributed by atoms with van der Waals surface area (Å²) in [5.41, 5.74) is 0.269. The number of carbonyl (C=O) groups excluding carboxylic acids is 2. The van der Waals surface area contributed by atoms with Crippen molar-refractivity contribution in [3.05, 3.63) is 71.8 Å². The molecule has 0 bridgehead atoms. The third-order valence-corrected chi connectivity index (χ3v) is 4.66. The molecule has 6 nitrogen and oxygen atoms in total. The van der Waals surface area contributed by atoms with Crippen LogP contribution in [0, 0.1) is 0 Å². The SMILES string of the molecule is CCOC(=O)[C@]1(Cc2ccccc2)[C@H](c2ccccc2)OC(=O)N1COC. The number of ether oxygens (including phenoxy) is 3. The first-order valence-electron chi connectivity index (χ1n) is 8.86. The van der Waals surface area contributed by atoms with Crippen LogP contribution in [0.3, 0.4) is 0 Å². The number of hydrogen-bond donors (Lipinski definition) is 0. The van der Waals surface area contributed by atoms with Crippen molar-refractivity contribution in [3.63, 3.8) is 0 Å². The Kier molecular flexibility index (Phi) is 5.76. The van der Waals surface area contributed by atoms with Gasteiger partial charge in [-0.25, -0.2) is 9.59 Å². The minimum atomic E-state index is -1.36. The summed E-state index contributed by atoms with van der Waals surface area (Å²) in [4.78, 5) is 27.2. The predicted molar refractivity (Wildman–Crippen MR) is 98.9 cm³/mol. The highest BCUT2D eigenvalue weighted by Crippen LogP contribution is 2.44. The average Bonchev–Trinajstić information content (AvgIpc) is 2.97. The van der Waals surface area contributed by atoms with E-state index in [9.17, 15) is 9.59 Å². The molecule has 1 aliphatic rings. The summed E-state index contributed by atoms with van der Waals surface area (Å²) >= 11 is 0. The summed E-state index contributed by atoms with van der Waals surface area (Å²) < 4.78 is 16.3. The van der Waals surface area contributed by atoms with Crippen LogP contribution in [-0.4, -0.2) is 42.9 Å². The summed E-state index contributed by atoms with van der Waals surface area (Å²) in [6, 6.07) is 18.8. The molecule has 0 aliphatic carbocycles. The van der Waals surface area contributed by atoms with Gasteiger partial charge >= 0.3 is 12.1 Å². The molecular formula is C21H23NO5. The van der Waals surface area contributed by atoms with Gasteiger partial charge < -0.3 is 14.2 Å². The quantitative estimate of drug-likeness (QED) is 0.701. The van der Waals surface area contributed by atoms with Gasteiger partial charge in [0.25, 0.3) is 0 Å². The molecule has 3 rings (SSSR count). The molecule has 0 N–H and O–H groups in total. The molecule has 0 radical (unpaired) electrons. The van der Waals surface area contributed by atoms with E-state index in [0.29, 0.717) is 0 Å². The summed E-state index contributed by atoms with van der Waals surface area (Å²) in [6.07, 6.45) is -1.16. The zero-order valence-electron chi connectivity index (χ0n) is 15.5. The molecule has 142 valence electrons. The van der Waals surface area contributed by atoms with Crippen molar-refractivity contribution in [1.29, 1.82) is 0 Å². The van der Waals surface area contributed by atoms with Gasteiger partial charge in [-0.05, 0) is 18.1 Å². The van der Waals surface area contributed by atoms with Crippen molar-refractivity contribution in [3.8, 4) is 0 Å². The van der Waals surface area contributed by atoms with Crippen molar-refractivity contribution >= 4 is 12.1 Å². The highest BCUT2D eigenvalue weighted by atomic mass is 16.6. The summed E-state index contributed by atoms with van der Waals surface area (Å²) in [6.45, 7) is 1.86. The van der Waals surface area contributed by atoms with Crippen molar-refractivity contribution in [2.45, 2.75) is 25.0 Å². The van der Waals surface area contributed by atoms with Gasteiger partial charge in [-0.1, -0.05) is 60.7 Å². The predicted octanol–water partition coefficient (Wildman–Crippen LogP) is 3.33. The molecule has 2 aromatic carbocycles. The minimum absolute atomic E-state index is 0.0756. The van der Waals surface area contributed by atoms with Crippen LogP contribution in [0.5, 0.6) is 0 Å². The third-order valence-electron chi connectivity index (χ3n) is 4.66. The number of carbonyl (C=O) groups is 2. The first-order valence-corrected chi connectivity index (χ1v) is 8.86. The van der Waals surface area contributed by atoms with Crippen molar-refractivity contribution < 1.29 is 23.8 Å². The molecule has 6 heteroatoms. The van der Waals surface area contributed by atoms with Gasteiger partial charge in [0.1, 0.15) is 6.73 Å². The van der Waals surface area contributed by atoms with Crippen molar-refractivity contribution in [2.75, 3.05) is 20.4 Å². The van der Waals surface area contributed by atoms with Crippen LogP contribution < -0.4 is 0 Å². The third kappa shape index (κ3) is 3.53. The molecule has 1 saturated heterocycles. The minimum Gasteiger partial charge on any atom is -0.464 e. The lowest BCUT2D eigenvalue weighted by molar-refractivity contribution is -0.160. The lowest BCUT2D eigenvalue weighted by Gasteiger charge is -2.36. The van der Waals surface area contributed by atoms with Gasteiger partial charge in [0.2, 0.25) is 0 Å². The molecule has 1 heterocycles. The van der Waals surface area contributed by atoms with E-state index in [4.69, 9.17) is 14.2 Å². The van der Waals surface area contributed by atoms with E-state index in [1.54, 1.807) is 6.92 Å². The van der Waals surface area contributed by atoms with Crippen LogP contribution in [0.2, 0.25) is 0 Å². The first kappa shape index (κ1) is 18.9. The van der Waals surface area contributed by atoms with Gasteiger partial charge in [0.15, 0.2) is 11.6 Å². The Morgan fingerprint density at radius 1 is 1.11 bits per heavy atom. The molecule has 0 aromatic heterocycles. The van der Waals surface area contributed by atoms with E-state index in [1.165, 1.54) is 12.0 Å². The number of esters is 1. The van der Waals surface area contributed by atoms with Gasteiger partial charge in [0.05, 0.1) is 6.61 Å². The fraction of sp³-hybridized carbons (Fsp3) is 0.333. The number of cyclic esters (lactones) is 1. The largest absolute Gasteiger partial charge is 0.464 e. The fourth-order valence-electron chi connectivity index (χ4n) is 3.48. The van der Waals surface area contributed by atoms with Crippen LogP contribution in [0.4, 0.5) is 4.79 Å². The molecule has 1 aliphatic heterocycles. The van der Waals surface area contributed by atoms with E-state index in [1.807, 2.05) is 60.7 Å². The second kappa shape index (κ2) is 8.22. The first-order chi connectivity index (χ1) is 13.1. The number of rotatable bonds is 7. The Labute approximate surface area is 158 Å². The van der Waals surface area contributed by atoms with Gasteiger partial charge in [0, 0.05) is 13.5 Å². The van der Waals surface area contributed by atoms with Crippen molar-refractivity contribution in [2.24, 2.45) is 0 Å². The number of methoxy groups -OCH3 is 1. The number of amides is 1. The molecular weight excluding hydrogens is 346 g/mol. The summed E-state index contributed by atoms with van der Waals surface area (Å²) in [5, 5.41) is 0. The Hall–Kier alpha value is -2.86. The average molecular weight is 369 g/mol. The van der Waals surface area contributed by atoms with Crippen LogP contribution >= 0.6 is 0 Å². The Balaban J connectivity index is 2.15. The normalized spacial score (nSPS) is 21.8. The highest BCUT2D eigenvalue weighted by molar-refractivity contribution is 5.90. The standard InChI is InChI=1S/C21H23NO5/c1-3-26-19(23)21(14-16-10-6-4-7-11-16)18(17-12-8-5-9-13-17)27-20(24)22(21)15-25-2/h4-13,18H,3,14-15H2,1-2H3/t18-,21-/m0/s1. The van der Waals surface area contributed by atoms with Crippen LogP contribution in [0.15, 0.2) is 60.7 Å². The van der Waals surface area contributed by atoms with E-state index >= 15 is 0 Å². The van der Waals surface area contributed by atoms with Gasteiger partial charge in [-0.3, -0.25) is 4.90 Å². The van der Waals surface area contributed by atoms with Crippen LogP contribution in [0.25, 0.3) is 0 Å². The molecule has 27 heavy (non-hydrogen) atoms. The highest BCUT2D eigenvalue weighted by Gasteiger charge is 2.61. The Morgan fingerprint density at radius 3 is 2.33 bits per heavy atom. The van der Waals surface area contributed by atoms with Gasteiger partial charge in [-0.2, -0.15) is 0 Å². The second-order valence-electron chi connectivity index (χ2n) is 6.33. The molecule has 0 spiro atoms. The maximum absolute atomic E-state index is 13.2. The number of nitrogens with zero attached hydrogens (tertiary/aromatic N) is 1. The summed E-state index contributed by atoms with van der Waals surface area (Å²) in [7, 11) is 1.47. The van der Waals surface area contributed by atoms with Crippen LogP contribution in [0.1, 0.15) is 24.2 Å². The summed E-state index contributed by atoms with van der Waals surface area (Å²) in [5.74, 6) is -0.509. The van der Waals surface area contributed by atoms with Crippen molar-refractivity contribution in [1.82, 2.24) is 4.90 Å². The molecule has 0 saturated carbocycles. The Bertz CT molecular complexity index is 780. The molecule has 1 amide bonds. The zero-order valence-corrected chi connectivity index (χ0v) is 15.5. The fourth-order valence-corrected chi connectivity index (χ4v) is 3.48. The van der Waals surface area contributed by atoms with E-state index in [2.05, 4.69) is 0 Å². The number of hydrogen-bond acceptors (Lipinski definition) is 5. The second-order valence-corrected chi connectivity index (χ2v) is 6.33. The maximum Gasteiger partial charge on any atom is 0.413 e. The van der Waals surface area contributed by atoms with E-state index in [0.717, 1.165) is 11.1 Å². The van der Waals surface area contributed by atoms with E-state index in [-0.39, 0.29) is 19.8 Å². The zero-order chi connectivity index (χ0) is 19.3. The molecule has 0 unspecified atom stereocenters. The van der Waals surface area contributed by atoms with E-state index < -0.39 is 23.7 Å². The lowest BCUT2D eigenvalue weighted by Crippen LogP contribution is -2.57. The van der Waals surface area contributed by atoms with Gasteiger partial charge in [-0.15, -0.1) is 0 Å². The molecule has 2 aromatic rings.